The third kappa shape index (κ3) is 7.45. The molecule has 0 aliphatic heterocycles. The maximum atomic E-state index is 12.1. The summed E-state index contributed by atoms with van der Waals surface area (Å²) in [7, 11) is 0. The van der Waals surface area contributed by atoms with Gasteiger partial charge in [0.15, 0.2) is 0 Å². The van der Waals surface area contributed by atoms with Crippen LogP contribution in [-0.4, -0.2) is 47.3 Å². The van der Waals surface area contributed by atoms with E-state index in [1.165, 1.54) is 6.08 Å². The molecule has 0 spiro atoms. The molecule has 0 aromatic heterocycles. The third-order valence-electron chi connectivity index (χ3n) is 3.82. The normalized spacial score (nSPS) is 20.7. The number of esters is 2. The number of aliphatic carboxylic acids is 1. The fourth-order valence-corrected chi connectivity index (χ4v) is 2.35. The van der Waals surface area contributed by atoms with Gasteiger partial charge in [-0.1, -0.05) is 55.5 Å². The first kappa shape index (κ1) is 22.6. The Balaban J connectivity index is 0.00000122. The lowest BCUT2D eigenvalue weighted by Gasteiger charge is -2.20. The van der Waals surface area contributed by atoms with Crippen molar-refractivity contribution >= 4 is 24.4 Å². The summed E-state index contributed by atoms with van der Waals surface area (Å²) in [4.78, 5) is 43.8. The highest BCUT2D eigenvalue weighted by Crippen LogP contribution is 2.20. The van der Waals surface area contributed by atoms with Crippen molar-refractivity contribution in [2.24, 2.45) is 11.8 Å². The van der Waals surface area contributed by atoms with Gasteiger partial charge in [0.2, 0.25) is 6.10 Å². The summed E-state index contributed by atoms with van der Waals surface area (Å²) in [5.41, 5.74) is 0.261. The fourth-order valence-electron chi connectivity index (χ4n) is 2.35. The van der Waals surface area contributed by atoms with Gasteiger partial charge in [0.1, 0.15) is 6.61 Å². The van der Waals surface area contributed by atoms with Crippen LogP contribution in [0.25, 0.3) is 0 Å². The van der Waals surface area contributed by atoms with Crippen molar-refractivity contribution in [2.75, 3.05) is 6.61 Å². The fraction of sp³-hybridized carbons (Fsp3) is 0.300. The summed E-state index contributed by atoms with van der Waals surface area (Å²) in [6, 6.07) is 0. The third-order valence-corrected chi connectivity index (χ3v) is 3.82. The van der Waals surface area contributed by atoms with Crippen molar-refractivity contribution in [3.05, 3.63) is 60.3 Å². The average Bonchev–Trinajstić information content (AvgIpc) is 2.95. The molecule has 2 rings (SSSR count). The van der Waals surface area contributed by atoms with E-state index in [9.17, 15) is 19.5 Å². The molecule has 2 aliphatic rings. The molecule has 8 heteroatoms. The van der Waals surface area contributed by atoms with E-state index in [2.05, 4.69) is 0 Å². The molecule has 0 radical (unpaired) electrons. The van der Waals surface area contributed by atoms with Crippen molar-refractivity contribution < 1.29 is 38.9 Å². The molecule has 0 heterocycles. The molecule has 3 atom stereocenters. The van der Waals surface area contributed by atoms with Crippen LogP contribution in [0, 0.1) is 11.8 Å². The molecule has 0 amide bonds. The Hall–Kier alpha value is -3.42. The quantitative estimate of drug-likeness (QED) is 0.521. The number of carboxylic acid groups (broad SMARTS) is 2. The summed E-state index contributed by atoms with van der Waals surface area (Å²) in [5, 5.41) is 16.1. The molecule has 0 saturated heterocycles. The number of hydrogen-bond donors (Lipinski definition) is 2. The predicted octanol–water partition coefficient (Wildman–Crippen LogP) is 2.05. The summed E-state index contributed by atoms with van der Waals surface area (Å²) >= 11 is 0. The van der Waals surface area contributed by atoms with Gasteiger partial charge in [-0.2, -0.15) is 0 Å². The van der Waals surface area contributed by atoms with E-state index in [1.807, 2.05) is 25.2 Å². The van der Waals surface area contributed by atoms with Crippen LogP contribution in [0.4, 0.5) is 0 Å². The van der Waals surface area contributed by atoms with Crippen LogP contribution in [-0.2, 0) is 28.7 Å². The number of ether oxygens (including phenoxy) is 2. The SMILES string of the molecule is CC1C=CC=CC1C(=O)OC[C@@H](OC(=O)C1=CCC=CC=C1)C(=O)O.O=CO. The lowest BCUT2D eigenvalue weighted by Crippen LogP contribution is -2.34. The van der Waals surface area contributed by atoms with Crippen molar-refractivity contribution in [3.63, 3.8) is 0 Å². The van der Waals surface area contributed by atoms with Crippen LogP contribution in [0.5, 0.6) is 0 Å². The highest BCUT2D eigenvalue weighted by atomic mass is 16.6. The van der Waals surface area contributed by atoms with E-state index in [1.54, 1.807) is 30.4 Å². The first-order valence-electron chi connectivity index (χ1n) is 8.47. The number of rotatable bonds is 6. The molecule has 0 aromatic rings. The molecule has 0 bridgehead atoms. The van der Waals surface area contributed by atoms with Gasteiger partial charge in [-0.15, -0.1) is 0 Å². The van der Waals surface area contributed by atoms with Crippen LogP contribution in [0.15, 0.2) is 60.3 Å². The smallest absolute Gasteiger partial charge is 0.348 e. The van der Waals surface area contributed by atoms with Crippen molar-refractivity contribution in [3.8, 4) is 0 Å². The van der Waals surface area contributed by atoms with E-state index in [0.717, 1.165) is 0 Å². The first-order chi connectivity index (χ1) is 13.4. The number of carboxylic acids is 1. The zero-order valence-electron chi connectivity index (χ0n) is 15.3. The van der Waals surface area contributed by atoms with Gasteiger partial charge < -0.3 is 19.7 Å². The summed E-state index contributed by atoms with van der Waals surface area (Å²) in [6.07, 6.45) is 14.6. The van der Waals surface area contributed by atoms with Crippen LogP contribution < -0.4 is 0 Å². The second-order valence-electron chi connectivity index (χ2n) is 5.80. The molecular formula is C20H22O8. The van der Waals surface area contributed by atoms with Crippen molar-refractivity contribution in [2.45, 2.75) is 19.4 Å². The number of carbonyl (C=O) groups excluding carboxylic acids is 2. The van der Waals surface area contributed by atoms with Gasteiger partial charge in [-0.25, -0.2) is 9.59 Å². The minimum Gasteiger partial charge on any atom is -0.483 e. The Morgan fingerprint density at radius 3 is 2.54 bits per heavy atom. The van der Waals surface area contributed by atoms with Gasteiger partial charge in [-0.3, -0.25) is 9.59 Å². The van der Waals surface area contributed by atoms with E-state index < -0.39 is 36.5 Å². The zero-order valence-corrected chi connectivity index (χ0v) is 15.3. The average molecular weight is 390 g/mol. The van der Waals surface area contributed by atoms with Crippen LogP contribution in [0.2, 0.25) is 0 Å². The summed E-state index contributed by atoms with van der Waals surface area (Å²) < 4.78 is 10.0. The van der Waals surface area contributed by atoms with Crippen LogP contribution >= 0.6 is 0 Å². The van der Waals surface area contributed by atoms with Gasteiger partial charge >= 0.3 is 17.9 Å². The van der Waals surface area contributed by atoms with E-state index in [4.69, 9.17) is 19.4 Å². The molecule has 2 aliphatic carbocycles. The largest absolute Gasteiger partial charge is 0.483 e. The highest BCUT2D eigenvalue weighted by molar-refractivity contribution is 5.93. The molecule has 150 valence electrons. The van der Waals surface area contributed by atoms with Gasteiger partial charge in [0.05, 0.1) is 11.5 Å². The Bertz CT molecular complexity index is 726. The molecule has 0 fully saturated rings. The molecule has 2 unspecified atom stereocenters. The van der Waals surface area contributed by atoms with Gasteiger partial charge in [0, 0.05) is 0 Å². The maximum Gasteiger partial charge on any atom is 0.348 e. The van der Waals surface area contributed by atoms with Gasteiger partial charge in [-0.05, 0) is 18.4 Å². The lowest BCUT2D eigenvalue weighted by molar-refractivity contribution is -0.169. The van der Waals surface area contributed by atoms with Crippen LogP contribution in [0.3, 0.4) is 0 Å². The molecule has 0 aromatic carbocycles. The molecular weight excluding hydrogens is 368 g/mol. The summed E-state index contributed by atoms with van der Waals surface area (Å²) in [5.74, 6) is -3.21. The minimum absolute atomic E-state index is 0.0443. The molecule has 8 nitrogen and oxygen atoms in total. The molecule has 2 N–H and O–H groups in total. The van der Waals surface area contributed by atoms with Crippen LogP contribution in [0.1, 0.15) is 13.3 Å². The number of hydrogen-bond acceptors (Lipinski definition) is 6. The molecule has 0 saturated carbocycles. The maximum absolute atomic E-state index is 12.1. The Morgan fingerprint density at radius 2 is 1.89 bits per heavy atom. The number of allylic oxidation sites excluding steroid dienone is 7. The second kappa shape index (κ2) is 12.1. The minimum atomic E-state index is -1.56. The Labute approximate surface area is 162 Å². The monoisotopic (exact) mass is 390 g/mol. The highest BCUT2D eigenvalue weighted by Gasteiger charge is 2.29. The number of carbonyl (C=O) groups is 4. The topological polar surface area (TPSA) is 127 Å². The van der Waals surface area contributed by atoms with Gasteiger partial charge in [0.25, 0.3) is 6.47 Å². The Kier molecular flexibility index (Phi) is 9.74. The van der Waals surface area contributed by atoms with E-state index in [-0.39, 0.29) is 18.0 Å². The van der Waals surface area contributed by atoms with Crippen molar-refractivity contribution in [1.29, 1.82) is 0 Å². The predicted molar refractivity (Wildman–Crippen MR) is 99.1 cm³/mol. The molecule has 28 heavy (non-hydrogen) atoms. The first-order valence-corrected chi connectivity index (χ1v) is 8.47. The van der Waals surface area contributed by atoms with Crippen molar-refractivity contribution in [1.82, 2.24) is 0 Å². The van der Waals surface area contributed by atoms with E-state index >= 15 is 0 Å². The summed E-state index contributed by atoms with van der Waals surface area (Å²) in [6.45, 7) is 1.08. The second-order valence-corrected chi connectivity index (χ2v) is 5.80. The lowest BCUT2D eigenvalue weighted by atomic mass is 9.90. The van der Waals surface area contributed by atoms with E-state index in [0.29, 0.717) is 6.42 Å². The standard InChI is InChI=1S/C19H20O6.CH2O2/c1-13-8-6-7-11-15(13)19(23)24-12-16(17(20)21)25-18(22)14-9-4-2-3-5-10-14;2-1-3/h2-4,6-11,13,15-16H,5,12H2,1H3,(H,20,21);1H,(H,2,3)/t13?,15?,16-;/m1./s1. The Morgan fingerprint density at radius 1 is 1.21 bits per heavy atom. The zero-order chi connectivity index (χ0) is 20.9.